The minimum atomic E-state index is -4.28. The van der Waals surface area contributed by atoms with Gasteiger partial charge in [0.15, 0.2) is 11.5 Å². The van der Waals surface area contributed by atoms with Crippen molar-refractivity contribution in [2.24, 2.45) is 0 Å². The average Bonchev–Trinajstić information content (AvgIpc) is 3.04. The Morgan fingerprint density at radius 3 is 2.57 bits per heavy atom. The van der Waals surface area contributed by atoms with Gasteiger partial charge in [0.1, 0.15) is 16.5 Å². The van der Waals surface area contributed by atoms with Crippen LogP contribution >= 0.6 is 0 Å². The fourth-order valence-electron chi connectivity index (χ4n) is 2.64. The molecule has 10 heteroatoms. The monoisotopic (exact) mass is 401 g/mol. The summed E-state index contributed by atoms with van der Waals surface area (Å²) in [6, 6.07) is 8.42. The van der Waals surface area contributed by atoms with Crippen LogP contribution in [-0.2, 0) is 10.0 Å². The van der Waals surface area contributed by atoms with Gasteiger partial charge in [-0.05, 0) is 49.4 Å². The van der Waals surface area contributed by atoms with Gasteiger partial charge in [-0.3, -0.25) is 9.82 Å². The second-order valence-corrected chi connectivity index (χ2v) is 7.69. The van der Waals surface area contributed by atoms with Gasteiger partial charge >= 0.3 is 0 Å². The standard InChI is InChI=1S/C18H13F2N5O2S/c1-10-14-9-21-17(22-18(14)24-23-10)11-2-5-13(6-3-11)25-28(26,27)16-8-12(19)4-7-15(16)20/h2-9,25H,1H3,(H,21,22,23,24). The molecule has 0 atom stereocenters. The third kappa shape index (κ3) is 3.29. The van der Waals surface area contributed by atoms with E-state index in [-0.39, 0.29) is 5.69 Å². The number of aromatic nitrogens is 4. The normalized spacial score (nSPS) is 11.7. The van der Waals surface area contributed by atoms with Gasteiger partial charge in [0.05, 0.1) is 5.39 Å². The van der Waals surface area contributed by atoms with E-state index in [1.165, 1.54) is 12.1 Å². The molecule has 0 aliphatic heterocycles. The van der Waals surface area contributed by atoms with Crippen LogP contribution in [0.15, 0.2) is 53.6 Å². The van der Waals surface area contributed by atoms with Crippen molar-refractivity contribution in [2.45, 2.75) is 11.8 Å². The first kappa shape index (κ1) is 18.0. The van der Waals surface area contributed by atoms with Gasteiger partial charge in [0.2, 0.25) is 0 Å². The molecule has 2 N–H and O–H groups in total. The number of aromatic amines is 1. The second-order valence-electron chi connectivity index (χ2n) is 6.04. The van der Waals surface area contributed by atoms with Gasteiger partial charge in [0, 0.05) is 23.1 Å². The van der Waals surface area contributed by atoms with Crippen molar-refractivity contribution < 1.29 is 17.2 Å². The van der Waals surface area contributed by atoms with Crippen molar-refractivity contribution in [3.05, 3.63) is 66.0 Å². The van der Waals surface area contributed by atoms with Gasteiger partial charge in [0.25, 0.3) is 10.0 Å². The third-order valence-corrected chi connectivity index (χ3v) is 5.48. The maximum Gasteiger partial charge on any atom is 0.264 e. The number of nitrogens with zero attached hydrogens (tertiary/aromatic N) is 3. The lowest BCUT2D eigenvalue weighted by molar-refractivity contribution is 0.555. The fraction of sp³-hybridized carbons (Fsp3) is 0.0556. The number of halogens is 2. The first-order valence-corrected chi connectivity index (χ1v) is 9.58. The molecule has 2 aromatic heterocycles. The minimum Gasteiger partial charge on any atom is -0.280 e. The van der Waals surface area contributed by atoms with Gasteiger partial charge in [-0.1, -0.05) is 0 Å². The van der Waals surface area contributed by atoms with E-state index in [1.54, 1.807) is 18.3 Å². The number of nitrogens with one attached hydrogen (secondary N) is 2. The van der Waals surface area contributed by atoms with Crippen LogP contribution in [0.4, 0.5) is 14.5 Å². The number of fused-ring (bicyclic) bond motifs is 1. The van der Waals surface area contributed by atoms with Crippen LogP contribution in [0, 0.1) is 18.6 Å². The number of anilines is 1. The molecule has 0 amide bonds. The summed E-state index contributed by atoms with van der Waals surface area (Å²) in [7, 11) is -4.28. The van der Waals surface area contributed by atoms with Crippen molar-refractivity contribution in [1.82, 2.24) is 20.2 Å². The van der Waals surface area contributed by atoms with Crippen LogP contribution in [0.2, 0.25) is 0 Å². The Labute approximate surface area is 158 Å². The zero-order chi connectivity index (χ0) is 19.9. The van der Waals surface area contributed by atoms with Crippen LogP contribution in [-0.4, -0.2) is 28.6 Å². The Bertz CT molecular complexity index is 1290. The Balaban J connectivity index is 1.61. The topological polar surface area (TPSA) is 101 Å². The molecule has 4 aromatic rings. The summed E-state index contributed by atoms with van der Waals surface area (Å²) in [5.74, 6) is -1.47. The Hall–Kier alpha value is -3.40. The fourth-order valence-corrected chi connectivity index (χ4v) is 3.79. The number of aryl methyl sites for hydroxylation is 1. The van der Waals surface area contributed by atoms with Crippen molar-refractivity contribution in [3.63, 3.8) is 0 Å². The van der Waals surface area contributed by atoms with E-state index in [2.05, 4.69) is 24.9 Å². The molecule has 0 bridgehead atoms. The quantitative estimate of drug-likeness (QED) is 0.546. The Morgan fingerprint density at radius 1 is 1.07 bits per heavy atom. The molecule has 0 radical (unpaired) electrons. The van der Waals surface area contributed by atoms with Gasteiger partial charge in [-0.2, -0.15) is 5.10 Å². The SMILES string of the molecule is Cc1[nH]nc2nc(-c3ccc(NS(=O)(=O)c4cc(F)ccc4F)cc3)ncc12. The summed E-state index contributed by atoms with van der Waals surface area (Å²) in [6.45, 7) is 1.86. The lowest BCUT2D eigenvalue weighted by Gasteiger charge is -2.09. The lowest BCUT2D eigenvalue weighted by Crippen LogP contribution is -2.14. The van der Waals surface area contributed by atoms with Crippen LogP contribution in [0.25, 0.3) is 22.4 Å². The van der Waals surface area contributed by atoms with E-state index in [4.69, 9.17) is 0 Å². The van der Waals surface area contributed by atoms with E-state index in [0.29, 0.717) is 23.1 Å². The molecule has 142 valence electrons. The van der Waals surface area contributed by atoms with Crippen LogP contribution in [0.3, 0.4) is 0 Å². The maximum atomic E-state index is 13.8. The maximum absolute atomic E-state index is 13.8. The summed E-state index contributed by atoms with van der Waals surface area (Å²) in [4.78, 5) is 7.87. The van der Waals surface area contributed by atoms with Crippen molar-refractivity contribution in [2.75, 3.05) is 4.72 Å². The highest BCUT2D eigenvalue weighted by molar-refractivity contribution is 7.92. The summed E-state index contributed by atoms with van der Waals surface area (Å²) < 4.78 is 53.9. The van der Waals surface area contributed by atoms with Crippen LogP contribution in [0.1, 0.15) is 5.69 Å². The summed E-state index contributed by atoms with van der Waals surface area (Å²) in [5.41, 5.74) is 2.20. The number of hydrogen-bond acceptors (Lipinski definition) is 5. The van der Waals surface area contributed by atoms with Gasteiger partial charge < -0.3 is 0 Å². The lowest BCUT2D eigenvalue weighted by atomic mass is 10.2. The zero-order valence-electron chi connectivity index (χ0n) is 14.4. The molecule has 0 aliphatic rings. The molecular weight excluding hydrogens is 388 g/mol. The molecule has 0 aliphatic carbocycles. The largest absolute Gasteiger partial charge is 0.280 e. The first-order valence-electron chi connectivity index (χ1n) is 8.09. The molecule has 7 nitrogen and oxygen atoms in total. The number of rotatable bonds is 4. The van der Waals surface area contributed by atoms with Crippen molar-refractivity contribution in [3.8, 4) is 11.4 Å². The highest BCUT2D eigenvalue weighted by Gasteiger charge is 2.20. The summed E-state index contributed by atoms with van der Waals surface area (Å²) in [6.07, 6.45) is 1.65. The van der Waals surface area contributed by atoms with Crippen LogP contribution < -0.4 is 4.72 Å². The molecule has 4 rings (SSSR count). The highest BCUT2D eigenvalue weighted by atomic mass is 32.2. The predicted octanol–water partition coefficient (Wildman–Crippen LogP) is 3.41. The first-order chi connectivity index (χ1) is 13.3. The van der Waals surface area contributed by atoms with Crippen LogP contribution in [0.5, 0.6) is 0 Å². The Morgan fingerprint density at radius 2 is 1.82 bits per heavy atom. The zero-order valence-corrected chi connectivity index (χ0v) is 15.3. The molecule has 2 aromatic carbocycles. The number of hydrogen-bond donors (Lipinski definition) is 2. The van der Waals surface area contributed by atoms with Gasteiger partial charge in [-0.15, -0.1) is 0 Å². The molecule has 0 fully saturated rings. The molecule has 2 heterocycles. The van der Waals surface area contributed by atoms with E-state index < -0.39 is 26.6 Å². The van der Waals surface area contributed by atoms with Gasteiger partial charge in [-0.25, -0.2) is 27.2 Å². The average molecular weight is 401 g/mol. The minimum absolute atomic E-state index is 0.184. The van der Waals surface area contributed by atoms with E-state index in [1.807, 2.05) is 6.92 Å². The molecule has 0 spiro atoms. The van der Waals surface area contributed by atoms with Crippen molar-refractivity contribution in [1.29, 1.82) is 0 Å². The predicted molar refractivity (Wildman–Crippen MR) is 99.0 cm³/mol. The van der Waals surface area contributed by atoms with Crippen molar-refractivity contribution >= 4 is 26.7 Å². The molecule has 0 saturated heterocycles. The van der Waals surface area contributed by atoms with E-state index in [9.17, 15) is 17.2 Å². The smallest absolute Gasteiger partial charge is 0.264 e. The number of sulfonamides is 1. The molecule has 0 saturated carbocycles. The molecule has 28 heavy (non-hydrogen) atoms. The van der Waals surface area contributed by atoms with E-state index >= 15 is 0 Å². The summed E-state index contributed by atoms with van der Waals surface area (Å²) in [5, 5.41) is 7.72. The van der Waals surface area contributed by atoms with E-state index in [0.717, 1.165) is 23.2 Å². The summed E-state index contributed by atoms with van der Waals surface area (Å²) >= 11 is 0. The Kier molecular flexibility index (Phi) is 4.27. The molecule has 0 unspecified atom stereocenters. The highest BCUT2D eigenvalue weighted by Crippen LogP contribution is 2.23. The molecular formula is C18H13F2N5O2S. The number of H-pyrrole nitrogens is 1. The third-order valence-electron chi connectivity index (χ3n) is 4.08. The second kappa shape index (κ2) is 6.64. The number of benzene rings is 2.